The Bertz CT molecular complexity index is 602. The highest BCUT2D eigenvalue weighted by atomic mass is 32.2. The molecule has 0 bridgehead atoms. The third-order valence-electron chi connectivity index (χ3n) is 2.68. The molecule has 0 fully saturated rings. The molecular weight excluding hydrogens is 264 g/mol. The van der Waals surface area contributed by atoms with Crippen LogP contribution >= 0.6 is 11.8 Å². The highest BCUT2D eigenvalue weighted by Gasteiger charge is 2.13. The van der Waals surface area contributed by atoms with Crippen LogP contribution in [0.4, 0.5) is 5.69 Å². The fraction of sp³-hybridized carbons (Fsp3) is 0.455. The van der Waals surface area contributed by atoms with E-state index in [1.54, 1.807) is 4.68 Å². The van der Waals surface area contributed by atoms with Crippen LogP contribution in [0, 0.1) is 20.8 Å². The number of amides is 1. The zero-order valence-corrected chi connectivity index (χ0v) is 12.1. The van der Waals surface area contributed by atoms with Crippen LogP contribution in [0.1, 0.15) is 17.2 Å². The van der Waals surface area contributed by atoms with E-state index in [2.05, 4.69) is 25.6 Å². The maximum Gasteiger partial charge on any atom is 0.234 e. The molecule has 1 amide bonds. The number of carbonyl (C=O) groups excluding carboxylic acids is 1. The number of thioether (sulfide) groups is 1. The lowest BCUT2D eigenvalue weighted by Gasteiger charge is -2.04. The van der Waals surface area contributed by atoms with Crippen molar-refractivity contribution in [3.63, 3.8) is 0 Å². The van der Waals surface area contributed by atoms with Crippen molar-refractivity contribution in [1.82, 2.24) is 25.0 Å². The van der Waals surface area contributed by atoms with Gasteiger partial charge in [-0.15, -0.1) is 5.10 Å². The van der Waals surface area contributed by atoms with Crippen molar-refractivity contribution in [3.05, 3.63) is 17.2 Å². The van der Waals surface area contributed by atoms with Gasteiger partial charge in [0.15, 0.2) is 0 Å². The molecule has 0 atom stereocenters. The van der Waals surface area contributed by atoms with Crippen LogP contribution in [0.2, 0.25) is 0 Å². The van der Waals surface area contributed by atoms with Gasteiger partial charge < -0.3 is 5.32 Å². The van der Waals surface area contributed by atoms with Crippen LogP contribution in [0.15, 0.2) is 5.16 Å². The smallest absolute Gasteiger partial charge is 0.234 e. The number of nitrogens with one attached hydrogen (secondary N) is 2. The number of hydrogen-bond donors (Lipinski definition) is 2. The van der Waals surface area contributed by atoms with E-state index in [1.165, 1.54) is 11.8 Å². The van der Waals surface area contributed by atoms with E-state index in [4.69, 9.17) is 0 Å². The summed E-state index contributed by atoms with van der Waals surface area (Å²) < 4.78 is 1.75. The minimum atomic E-state index is -0.0911. The summed E-state index contributed by atoms with van der Waals surface area (Å²) in [4.78, 5) is 16.0. The van der Waals surface area contributed by atoms with Crippen LogP contribution in [-0.4, -0.2) is 36.6 Å². The molecular formula is C11H16N6OS. The number of aryl methyl sites for hydroxylation is 3. The Kier molecular flexibility index (Phi) is 3.89. The van der Waals surface area contributed by atoms with Gasteiger partial charge in [0.1, 0.15) is 5.82 Å². The van der Waals surface area contributed by atoms with Gasteiger partial charge in [0.25, 0.3) is 0 Å². The highest BCUT2D eigenvalue weighted by molar-refractivity contribution is 7.99. The number of aromatic nitrogens is 5. The Balaban J connectivity index is 1.94. The molecule has 7 nitrogen and oxygen atoms in total. The van der Waals surface area contributed by atoms with E-state index < -0.39 is 0 Å². The van der Waals surface area contributed by atoms with Gasteiger partial charge in [-0.2, -0.15) is 5.10 Å². The summed E-state index contributed by atoms with van der Waals surface area (Å²) >= 11 is 1.29. The second-order valence-electron chi connectivity index (χ2n) is 4.21. The molecule has 0 radical (unpaired) electrons. The van der Waals surface area contributed by atoms with E-state index in [0.29, 0.717) is 5.16 Å². The van der Waals surface area contributed by atoms with Crippen LogP contribution in [0.3, 0.4) is 0 Å². The second-order valence-corrected chi connectivity index (χ2v) is 5.15. The van der Waals surface area contributed by atoms with Gasteiger partial charge in [-0.25, -0.2) is 4.98 Å². The first-order chi connectivity index (χ1) is 8.97. The van der Waals surface area contributed by atoms with Gasteiger partial charge in [-0.3, -0.25) is 14.6 Å². The molecule has 19 heavy (non-hydrogen) atoms. The molecule has 2 aromatic heterocycles. The minimum absolute atomic E-state index is 0.0911. The monoisotopic (exact) mass is 280 g/mol. The minimum Gasteiger partial charge on any atom is -0.322 e. The van der Waals surface area contributed by atoms with E-state index >= 15 is 0 Å². The fourth-order valence-electron chi connectivity index (χ4n) is 1.65. The standard InChI is InChI=1S/C11H16N6OS/c1-6-10(7(2)17(4)16-6)13-9(18)5-19-11-12-8(3)14-15-11/h5H2,1-4H3,(H,13,18)(H,12,14,15). The predicted molar refractivity (Wildman–Crippen MR) is 73.2 cm³/mol. The Labute approximate surface area is 115 Å². The molecule has 2 heterocycles. The first-order valence-electron chi connectivity index (χ1n) is 5.79. The number of anilines is 1. The van der Waals surface area contributed by atoms with Crippen LogP contribution in [0.25, 0.3) is 0 Å². The summed E-state index contributed by atoms with van der Waals surface area (Å²) in [6.45, 7) is 5.61. The van der Waals surface area contributed by atoms with Crippen molar-refractivity contribution in [2.45, 2.75) is 25.9 Å². The zero-order chi connectivity index (χ0) is 14.0. The van der Waals surface area contributed by atoms with Gasteiger partial charge in [0.05, 0.1) is 22.8 Å². The molecule has 0 aliphatic carbocycles. The average molecular weight is 280 g/mol. The molecule has 2 aromatic rings. The number of H-pyrrole nitrogens is 1. The summed E-state index contributed by atoms with van der Waals surface area (Å²) in [5.41, 5.74) is 2.52. The van der Waals surface area contributed by atoms with Crippen LogP contribution in [0.5, 0.6) is 0 Å². The van der Waals surface area contributed by atoms with E-state index in [-0.39, 0.29) is 11.7 Å². The first-order valence-corrected chi connectivity index (χ1v) is 6.77. The molecule has 2 rings (SSSR count). The van der Waals surface area contributed by atoms with Crippen molar-refractivity contribution in [2.75, 3.05) is 11.1 Å². The molecule has 0 unspecified atom stereocenters. The van der Waals surface area contributed by atoms with E-state index in [0.717, 1.165) is 22.9 Å². The highest BCUT2D eigenvalue weighted by Crippen LogP contribution is 2.19. The summed E-state index contributed by atoms with van der Waals surface area (Å²) in [5, 5.41) is 14.4. The number of carbonyl (C=O) groups is 1. The molecule has 0 aliphatic heterocycles. The van der Waals surface area contributed by atoms with Crippen molar-refractivity contribution in [1.29, 1.82) is 0 Å². The van der Waals surface area contributed by atoms with E-state index in [9.17, 15) is 4.79 Å². The van der Waals surface area contributed by atoms with Crippen molar-refractivity contribution < 1.29 is 4.79 Å². The largest absolute Gasteiger partial charge is 0.322 e. The lowest BCUT2D eigenvalue weighted by atomic mass is 10.3. The van der Waals surface area contributed by atoms with E-state index in [1.807, 2.05) is 27.8 Å². The fourth-order valence-corrected chi connectivity index (χ4v) is 2.29. The summed E-state index contributed by atoms with van der Waals surface area (Å²) in [6, 6.07) is 0. The van der Waals surface area contributed by atoms with Gasteiger partial charge >= 0.3 is 0 Å². The molecule has 0 spiro atoms. The quantitative estimate of drug-likeness (QED) is 0.821. The summed E-state index contributed by atoms with van der Waals surface area (Å²) in [5.74, 6) is 0.916. The molecule has 0 saturated heterocycles. The molecule has 0 saturated carbocycles. The Morgan fingerprint density at radius 3 is 2.68 bits per heavy atom. The summed E-state index contributed by atoms with van der Waals surface area (Å²) in [7, 11) is 1.85. The topological polar surface area (TPSA) is 88.5 Å². The van der Waals surface area contributed by atoms with Crippen molar-refractivity contribution in [3.8, 4) is 0 Å². The molecule has 0 aliphatic rings. The van der Waals surface area contributed by atoms with Crippen molar-refractivity contribution in [2.24, 2.45) is 7.05 Å². The molecule has 102 valence electrons. The summed E-state index contributed by atoms with van der Waals surface area (Å²) in [6.07, 6.45) is 0. The van der Waals surface area contributed by atoms with Crippen LogP contribution < -0.4 is 5.32 Å². The Morgan fingerprint density at radius 2 is 2.16 bits per heavy atom. The average Bonchev–Trinajstić information content (AvgIpc) is 2.86. The predicted octanol–water partition coefficient (Wildman–Crippen LogP) is 1.19. The van der Waals surface area contributed by atoms with Gasteiger partial charge in [-0.1, -0.05) is 11.8 Å². The normalized spacial score (nSPS) is 10.7. The molecule has 0 aromatic carbocycles. The maximum atomic E-state index is 11.9. The lowest BCUT2D eigenvalue weighted by Crippen LogP contribution is -2.15. The van der Waals surface area contributed by atoms with Crippen LogP contribution in [-0.2, 0) is 11.8 Å². The maximum absolute atomic E-state index is 11.9. The van der Waals surface area contributed by atoms with Gasteiger partial charge in [0, 0.05) is 7.05 Å². The number of nitrogens with zero attached hydrogens (tertiary/aromatic N) is 4. The Hall–Kier alpha value is -1.83. The zero-order valence-electron chi connectivity index (χ0n) is 11.3. The van der Waals surface area contributed by atoms with Gasteiger partial charge in [-0.05, 0) is 20.8 Å². The van der Waals surface area contributed by atoms with Gasteiger partial charge in [0.2, 0.25) is 11.1 Å². The first kappa shape index (κ1) is 13.6. The SMILES string of the molecule is Cc1nc(SCC(=O)Nc2c(C)nn(C)c2C)n[nH]1. The lowest BCUT2D eigenvalue weighted by molar-refractivity contribution is -0.113. The second kappa shape index (κ2) is 5.43. The number of aromatic amines is 1. The number of hydrogen-bond acceptors (Lipinski definition) is 5. The molecule has 2 N–H and O–H groups in total. The van der Waals surface area contributed by atoms with Crippen molar-refractivity contribution >= 4 is 23.4 Å². The third-order valence-corrected chi connectivity index (χ3v) is 3.53. The third kappa shape index (κ3) is 3.14. The molecule has 8 heteroatoms. The number of rotatable bonds is 4. The Morgan fingerprint density at radius 1 is 1.42 bits per heavy atom.